The summed E-state index contributed by atoms with van der Waals surface area (Å²) in [7, 11) is -2.09. The van der Waals surface area contributed by atoms with Crippen molar-refractivity contribution in [3.63, 3.8) is 0 Å². The van der Waals surface area contributed by atoms with Gasteiger partial charge in [0.15, 0.2) is 0 Å². The molecule has 3 heterocycles. The van der Waals surface area contributed by atoms with Gasteiger partial charge in [0.2, 0.25) is 0 Å². The van der Waals surface area contributed by atoms with Crippen LogP contribution in [0.25, 0.3) is 76.7 Å². The van der Waals surface area contributed by atoms with Crippen LogP contribution < -0.4 is 10.4 Å². The van der Waals surface area contributed by atoms with Gasteiger partial charge in [-0.2, -0.15) is 0 Å². The van der Waals surface area contributed by atoms with Crippen LogP contribution in [0, 0.1) is 0 Å². The summed E-state index contributed by atoms with van der Waals surface area (Å²) < 4.78 is 0. The van der Waals surface area contributed by atoms with Crippen LogP contribution in [0.4, 0.5) is 0 Å². The molecule has 0 saturated carbocycles. The van der Waals surface area contributed by atoms with Gasteiger partial charge >= 0.3 is 0 Å². The first-order valence-electron chi connectivity index (χ1n) is 14.9. The molecule has 1 aliphatic heterocycles. The Bertz CT molecular complexity index is 2430. The number of rotatable bonds is 2. The second-order valence-corrected chi connectivity index (χ2v) is 16.4. The first-order valence-corrected chi connectivity index (χ1v) is 17.9. The highest BCUT2D eigenvalue weighted by molar-refractivity contribution is 7.05. The number of nitrogens with zero attached hydrogens (tertiary/aromatic N) is 2. The van der Waals surface area contributed by atoms with Crippen LogP contribution >= 0.6 is 0 Å². The average molecular weight is 565 g/mol. The number of benzene rings is 6. The first-order chi connectivity index (χ1) is 21.1. The molecule has 1 aliphatic rings. The zero-order chi connectivity index (χ0) is 28.7. The van der Waals surface area contributed by atoms with E-state index in [0.717, 1.165) is 11.4 Å². The van der Waals surface area contributed by atoms with Crippen molar-refractivity contribution >= 4 is 61.5 Å². The van der Waals surface area contributed by atoms with E-state index in [0.29, 0.717) is 0 Å². The summed E-state index contributed by atoms with van der Waals surface area (Å²) >= 11 is 0. The average Bonchev–Trinajstić information content (AvgIpc) is 3.29. The number of aromatic nitrogens is 2. The smallest absolute Gasteiger partial charge is 0.114 e. The summed E-state index contributed by atoms with van der Waals surface area (Å²) in [6.07, 6.45) is 3.93. The molecule has 0 aliphatic carbocycles. The normalized spacial score (nSPS) is 13.5. The topological polar surface area (TPSA) is 25.8 Å². The Morgan fingerprint density at radius 3 is 1.65 bits per heavy atom. The van der Waals surface area contributed by atoms with Crippen molar-refractivity contribution < 1.29 is 0 Å². The van der Waals surface area contributed by atoms with E-state index in [9.17, 15) is 0 Å². The van der Waals surface area contributed by atoms with E-state index >= 15 is 0 Å². The van der Waals surface area contributed by atoms with Crippen molar-refractivity contribution in [2.24, 2.45) is 0 Å². The highest BCUT2D eigenvalue weighted by Gasteiger charge is 2.40. The highest BCUT2D eigenvalue weighted by Crippen LogP contribution is 2.47. The van der Waals surface area contributed by atoms with Crippen molar-refractivity contribution in [1.29, 1.82) is 0 Å². The molecule has 3 heteroatoms. The molecule has 0 radical (unpaired) electrons. The van der Waals surface area contributed by atoms with E-state index in [4.69, 9.17) is 9.97 Å². The minimum Gasteiger partial charge on any atom is -0.256 e. The van der Waals surface area contributed by atoms with Gasteiger partial charge in [0.1, 0.15) is 8.07 Å². The molecule has 0 spiro atoms. The highest BCUT2D eigenvalue weighted by atomic mass is 28.3. The quantitative estimate of drug-likeness (QED) is 0.154. The predicted molar refractivity (Wildman–Crippen MR) is 185 cm³/mol. The summed E-state index contributed by atoms with van der Waals surface area (Å²) in [6.45, 7) is 5.03. The molecular formula is C40H28N2Si. The number of hydrogen-bond donors (Lipinski definition) is 0. The Morgan fingerprint density at radius 1 is 0.442 bits per heavy atom. The van der Waals surface area contributed by atoms with Gasteiger partial charge in [-0.3, -0.25) is 9.97 Å². The van der Waals surface area contributed by atoms with Crippen LogP contribution in [0.2, 0.25) is 13.1 Å². The van der Waals surface area contributed by atoms with Crippen molar-refractivity contribution in [2.45, 2.75) is 13.1 Å². The Hall–Kier alpha value is -5.12. The summed E-state index contributed by atoms with van der Waals surface area (Å²) in [4.78, 5) is 10.2. The third kappa shape index (κ3) is 3.34. The van der Waals surface area contributed by atoms with Crippen LogP contribution in [0.15, 0.2) is 134 Å². The SMILES string of the molecule is C[Si]1(C)c2ccccc2-c2ccc3c(-c4nccc5ccccc45)c4ccccc4c(-c4nccc5ccccc45)c3c21. The lowest BCUT2D eigenvalue weighted by Crippen LogP contribution is -2.49. The summed E-state index contributed by atoms with van der Waals surface area (Å²) in [6, 6.07) is 44.2. The van der Waals surface area contributed by atoms with Crippen LogP contribution in [0.5, 0.6) is 0 Å². The zero-order valence-corrected chi connectivity index (χ0v) is 25.1. The second-order valence-electron chi connectivity index (χ2n) is 12.1. The number of fused-ring (bicyclic) bond motifs is 8. The number of hydrogen-bond acceptors (Lipinski definition) is 2. The second kappa shape index (κ2) is 8.94. The minimum atomic E-state index is -2.09. The van der Waals surface area contributed by atoms with E-state index in [1.807, 2.05) is 12.4 Å². The fourth-order valence-electron chi connectivity index (χ4n) is 7.68. The molecule has 0 unspecified atom stereocenters. The van der Waals surface area contributed by atoms with Crippen molar-refractivity contribution in [1.82, 2.24) is 9.97 Å². The van der Waals surface area contributed by atoms with Gasteiger partial charge in [0.25, 0.3) is 0 Å². The van der Waals surface area contributed by atoms with Gasteiger partial charge in [-0.25, -0.2) is 0 Å². The van der Waals surface area contributed by atoms with E-state index in [1.165, 1.54) is 75.7 Å². The molecule has 0 saturated heterocycles. The molecule has 0 fully saturated rings. The maximum Gasteiger partial charge on any atom is 0.114 e. The van der Waals surface area contributed by atoms with Gasteiger partial charge in [-0.05, 0) is 66.0 Å². The molecule has 0 bridgehead atoms. The standard InChI is InChI=1S/C40H28N2Si/c1-43(2)34-18-10-9-15-29(34)32-19-20-33-35(38-27-13-5-3-11-25(27)21-23-41-38)30-16-7-8-17-31(30)36(37(33)40(32)43)39-28-14-6-4-12-26(28)22-24-42-39/h3-24H,1-2H3. The van der Waals surface area contributed by atoms with Crippen LogP contribution in [-0.2, 0) is 0 Å². The van der Waals surface area contributed by atoms with E-state index in [2.05, 4.69) is 134 Å². The summed E-state index contributed by atoms with van der Waals surface area (Å²) in [5.41, 5.74) is 7.27. The Morgan fingerprint density at radius 2 is 0.977 bits per heavy atom. The van der Waals surface area contributed by atoms with Gasteiger partial charge in [-0.15, -0.1) is 0 Å². The molecule has 9 rings (SSSR count). The fourth-order valence-corrected chi connectivity index (χ4v) is 11.1. The largest absolute Gasteiger partial charge is 0.256 e. The van der Waals surface area contributed by atoms with Gasteiger partial charge in [0.05, 0.1) is 11.4 Å². The molecule has 2 nitrogen and oxygen atoms in total. The van der Waals surface area contributed by atoms with Crippen LogP contribution in [-0.4, -0.2) is 18.0 Å². The molecule has 2 aromatic heterocycles. The third-order valence-corrected chi connectivity index (χ3v) is 13.1. The monoisotopic (exact) mass is 564 g/mol. The molecular weight excluding hydrogens is 537 g/mol. The van der Waals surface area contributed by atoms with E-state index in [1.54, 1.807) is 0 Å². The van der Waals surface area contributed by atoms with Gasteiger partial charge < -0.3 is 0 Å². The van der Waals surface area contributed by atoms with Gasteiger partial charge in [-0.1, -0.05) is 122 Å². The fraction of sp³-hybridized carbons (Fsp3) is 0.0500. The molecule has 0 N–H and O–H groups in total. The van der Waals surface area contributed by atoms with Crippen LogP contribution in [0.1, 0.15) is 0 Å². The Kier molecular flexibility index (Phi) is 5.09. The zero-order valence-electron chi connectivity index (χ0n) is 24.1. The molecule has 8 aromatic rings. The molecule has 0 atom stereocenters. The molecule has 0 amide bonds. The Labute approximate surface area is 251 Å². The van der Waals surface area contributed by atoms with Gasteiger partial charge in [0, 0.05) is 34.3 Å². The molecule has 202 valence electrons. The molecule has 6 aromatic carbocycles. The van der Waals surface area contributed by atoms with Crippen molar-refractivity contribution in [3.8, 4) is 33.6 Å². The lowest BCUT2D eigenvalue weighted by atomic mass is 9.85. The maximum absolute atomic E-state index is 5.15. The van der Waals surface area contributed by atoms with Crippen molar-refractivity contribution in [3.05, 3.63) is 134 Å². The lowest BCUT2D eigenvalue weighted by Gasteiger charge is -2.25. The van der Waals surface area contributed by atoms with E-state index < -0.39 is 8.07 Å². The minimum absolute atomic E-state index is 1.03. The lowest BCUT2D eigenvalue weighted by molar-refractivity contribution is 1.36. The summed E-state index contributed by atoms with van der Waals surface area (Å²) in [5.74, 6) is 0. The number of pyridine rings is 2. The maximum atomic E-state index is 5.15. The predicted octanol–water partition coefficient (Wildman–Crippen LogP) is 9.23. The Balaban J connectivity index is 1.57. The van der Waals surface area contributed by atoms with Crippen LogP contribution in [0.3, 0.4) is 0 Å². The molecule has 43 heavy (non-hydrogen) atoms. The first kappa shape index (κ1) is 24.5. The third-order valence-electron chi connectivity index (χ3n) is 9.53. The van der Waals surface area contributed by atoms with E-state index in [-0.39, 0.29) is 0 Å². The summed E-state index contributed by atoms with van der Waals surface area (Å²) in [5, 5.41) is 12.8. The van der Waals surface area contributed by atoms with Crippen molar-refractivity contribution in [2.75, 3.05) is 0 Å².